The maximum atomic E-state index is 12.5. The molecule has 3 aromatic heterocycles. The number of pyridine rings is 1. The van der Waals surface area contributed by atoms with Crippen LogP contribution in [0.3, 0.4) is 0 Å². The van der Waals surface area contributed by atoms with Crippen LogP contribution in [0.2, 0.25) is 0 Å². The number of aromatic amines is 1. The van der Waals surface area contributed by atoms with E-state index in [0.29, 0.717) is 41.0 Å². The number of benzene rings is 1. The molecule has 1 N–H and O–H groups in total. The zero-order valence-corrected chi connectivity index (χ0v) is 17.9. The van der Waals surface area contributed by atoms with Gasteiger partial charge in [0.05, 0.1) is 11.8 Å². The Balaban J connectivity index is 1.23. The molecular formula is C24H19F2N5O3. The van der Waals surface area contributed by atoms with Crippen molar-refractivity contribution in [3.63, 3.8) is 0 Å². The van der Waals surface area contributed by atoms with Gasteiger partial charge < -0.3 is 14.5 Å². The second-order valence-corrected chi connectivity index (χ2v) is 8.54. The number of nitrogens with one attached hydrogen (secondary N) is 1. The highest BCUT2D eigenvalue weighted by molar-refractivity contribution is 5.94. The lowest BCUT2D eigenvalue weighted by Crippen LogP contribution is -2.31. The Hall–Kier alpha value is -3.95. The molecule has 0 atom stereocenters. The Bertz CT molecular complexity index is 1400. The summed E-state index contributed by atoms with van der Waals surface area (Å²) in [5.41, 5.74) is 2.61. The van der Waals surface area contributed by atoms with E-state index >= 15 is 0 Å². The van der Waals surface area contributed by atoms with Gasteiger partial charge in [0.25, 0.3) is 0 Å². The average Bonchev–Trinajstić information content (AvgIpc) is 3.38. The molecule has 172 valence electrons. The first-order chi connectivity index (χ1) is 16.5. The summed E-state index contributed by atoms with van der Waals surface area (Å²) in [5.74, 6) is 1.09. The number of hydrogen-bond acceptors (Lipinski definition) is 7. The van der Waals surface area contributed by atoms with Gasteiger partial charge in [-0.25, -0.2) is 19.7 Å². The maximum Gasteiger partial charge on any atom is 0.387 e. The molecule has 1 aliphatic heterocycles. The number of rotatable bonds is 4. The van der Waals surface area contributed by atoms with Gasteiger partial charge in [-0.3, -0.25) is 4.98 Å². The van der Waals surface area contributed by atoms with Crippen molar-refractivity contribution in [3.8, 4) is 17.1 Å². The Kier molecular flexibility index (Phi) is 4.75. The van der Waals surface area contributed by atoms with Gasteiger partial charge in [-0.2, -0.15) is 8.78 Å². The van der Waals surface area contributed by atoms with Crippen LogP contribution in [0.15, 0.2) is 48.9 Å². The van der Waals surface area contributed by atoms with Gasteiger partial charge in [0.2, 0.25) is 0 Å². The quantitative estimate of drug-likeness (QED) is 0.436. The molecule has 1 aromatic carbocycles. The minimum Gasteiger partial charge on any atom is -0.450 e. The number of fused-ring (bicyclic) bond motifs is 3. The van der Waals surface area contributed by atoms with Crippen molar-refractivity contribution < 1.29 is 23.0 Å². The van der Waals surface area contributed by atoms with Crippen molar-refractivity contribution in [2.75, 3.05) is 0 Å². The fourth-order valence-electron chi connectivity index (χ4n) is 4.92. The lowest BCUT2D eigenvalue weighted by atomic mass is 9.75. The van der Waals surface area contributed by atoms with Crippen LogP contribution in [0.1, 0.15) is 53.3 Å². The summed E-state index contributed by atoms with van der Waals surface area (Å²) in [6.45, 7) is -2.90. The smallest absolute Gasteiger partial charge is 0.387 e. The SMILES string of the molecule is O=C1OC2(CCC(c3nc4nc(-c5cccc(OC(F)F)c5)ncc4[nH]3)CC2)c2cnccc21. The number of H-pyrrole nitrogens is 1. The summed E-state index contributed by atoms with van der Waals surface area (Å²) in [4.78, 5) is 33.4. The van der Waals surface area contributed by atoms with E-state index in [0.717, 1.165) is 24.2 Å². The van der Waals surface area contributed by atoms with Crippen LogP contribution >= 0.6 is 0 Å². The van der Waals surface area contributed by atoms with E-state index in [-0.39, 0.29) is 17.6 Å². The number of imidazole rings is 1. The molecule has 1 aliphatic carbocycles. The standard InChI is InChI=1S/C24H19F2N5O3/c25-23(26)33-15-3-1-2-14(10-15)19-28-12-18-21(30-19)31-20(29-18)13-4-7-24(8-5-13)17-11-27-9-6-16(17)22(32)34-24/h1-3,6,9-13,23H,4-5,7-8H2,(H,28,29,30,31). The van der Waals surface area contributed by atoms with E-state index in [2.05, 4.69) is 29.7 Å². The van der Waals surface area contributed by atoms with Gasteiger partial charge in [-0.1, -0.05) is 12.1 Å². The van der Waals surface area contributed by atoms with Crippen molar-refractivity contribution in [1.82, 2.24) is 24.9 Å². The van der Waals surface area contributed by atoms with Gasteiger partial charge >= 0.3 is 12.6 Å². The van der Waals surface area contributed by atoms with Crippen molar-refractivity contribution in [2.45, 2.75) is 43.8 Å². The third-order valence-electron chi connectivity index (χ3n) is 6.58. The Morgan fingerprint density at radius 3 is 2.82 bits per heavy atom. The predicted octanol–water partition coefficient (Wildman–Crippen LogP) is 4.74. The number of carbonyl (C=O) groups excluding carboxylic acids is 1. The van der Waals surface area contributed by atoms with Gasteiger partial charge in [0, 0.05) is 29.4 Å². The molecule has 0 amide bonds. The monoisotopic (exact) mass is 463 g/mol. The number of alkyl halides is 2. The van der Waals surface area contributed by atoms with Crippen molar-refractivity contribution in [3.05, 3.63) is 65.9 Å². The van der Waals surface area contributed by atoms with E-state index in [9.17, 15) is 13.6 Å². The zero-order chi connectivity index (χ0) is 23.3. The number of halogens is 2. The third kappa shape index (κ3) is 3.46. The maximum absolute atomic E-state index is 12.5. The number of aromatic nitrogens is 5. The van der Waals surface area contributed by atoms with E-state index in [4.69, 9.17) is 4.74 Å². The van der Waals surface area contributed by atoms with Gasteiger partial charge in [-0.15, -0.1) is 0 Å². The Morgan fingerprint density at radius 2 is 2.00 bits per heavy atom. The highest BCUT2D eigenvalue weighted by Gasteiger charge is 2.48. The molecule has 0 bridgehead atoms. The summed E-state index contributed by atoms with van der Waals surface area (Å²) in [6, 6.07) is 7.97. The van der Waals surface area contributed by atoms with E-state index < -0.39 is 12.2 Å². The minimum atomic E-state index is -2.90. The summed E-state index contributed by atoms with van der Waals surface area (Å²) in [5, 5.41) is 0. The van der Waals surface area contributed by atoms with Crippen molar-refractivity contribution in [1.29, 1.82) is 0 Å². The zero-order valence-electron chi connectivity index (χ0n) is 17.9. The molecule has 0 saturated heterocycles. The first-order valence-electron chi connectivity index (χ1n) is 11.0. The third-order valence-corrected chi connectivity index (χ3v) is 6.58. The largest absolute Gasteiger partial charge is 0.450 e. The van der Waals surface area contributed by atoms with Crippen LogP contribution in [0.4, 0.5) is 8.78 Å². The number of hydrogen-bond donors (Lipinski definition) is 1. The van der Waals surface area contributed by atoms with Gasteiger partial charge in [0.1, 0.15) is 22.7 Å². The topological polar surface area (TPSA) is 103 Å². The summed E-state index contributed by atoms with van der Waals surface area (Å²) >= 11 is 0. The molecular weight excluding hydrogens is 444 g/mol. The fourth-order valence-corrected chi connectivity index (χ4v) is 4.92. The van der Waals surface area contributed by atoms with Crippen molar-refractivity contribution in [2.24, 2.45) is 0 Å². The van der Waals surface area contributed by atoms with Crippen LogP contribution < -0.4 is 4.74 Å². The first-order valence-corrected chi connectivity index (χ1v) is 11.0. The van der Waals surface area contributed by atoms with Crippen LogP contribution in [0.5, 0.6) is 5.75 Å². The van der Waals surface area contributed by atoms with Crippen LogP contribution in [0.25, 0.3) is 22.6 Å². The van der Waals surface area contributed by atoms with Crippen molar-refractivity contribution >= 4 is 17.1 Å². The summed E-state index contributed by atoms with van der Waals surface area (Å²) in [6.07, 6.45) is 7.93. The molecule has 0 unspecified atom stereocenters. The minimum absolute atomic E-state index is 0.0411. The predicted molar refractivity (Wildman–Crippen MR) is 116 cm³/mol. The van der Waals surface area contributed by atoms with Crippen LogP contribution in [-0.4, -0.2) is 37.5 Å². The normalized spacial score (nSPS) is 21.7. The average molecular weight is 463 g/mol. The molecule has 34 heavy (non-hydrogen) atoms. The van der Waals surface area contributed by atoms with E-state index in [1.54, 1.807) is 36.8 Å². The molecule has 10 heteroatoms. The molecule has 8 nitrogen and oxygen atoms in total. The molecule has 1 fully saturated rings. The Labute approximate surface area is 192 Å². The molecule has 6 rings (SSSR count). The molecule has 2 aliphatic rings. The molecule has 4 heterocycles. The van der Waals surface area contributed by atoms with Crippen LogP contribution in [0, 0.1) is 0 Å². The lowest BCUT2D eigenvalue weighted by Gasteiger charge is -2.35. The van der Waals surface area contributed by atoms with Gasteiger partial charge in [0.15, 0.2) is 11.5 Å². The van der Waals surface area contributed by atoms with E-state index in [1.165, 1.54) is 12.1 Å². The number of esters is 1. The van der Waals surface area contributed by atoms with Gasteiger partial charge in [-0.05, 0) is 43.9 Å². The van der Waals surface area contributed by atoms with E-state index in [1.807, 2.05) is 0 Å². The fraction of sp³-hybridized carbons (Fsp3) is 0.292. The molecule has 1 saturated carbocycles. The number of ether oxygens (including phenoxy) is 2. The lowest BCUT2D eigenvalue weighted by molar-refractivity contribution is -0.0498. The highest BCUT2D eigenvalue weighted by atomic mass is 19.3. The Morgan fingerprint density at radius 1 is 1.15 bits per heavy atom. The molecule has 4 aromatic rings. The molecule has 1 spiro atoms. The summed E-state index contributed by atoms with van der Waals surface area (Å²) in [7, 11) is 0. The number of carbonyl (C=O) groups is 1. The summed E-state index contributed by atoms with van der Waals surface area (Å²) < 4.78 is 35.4. The molecule has 0 radical (unpaired) electrons. The highest BCUT2D eigenvalue weighted by Crippen LogP contribution is 2.49. The second-order valence-electron chi connectivity index (χ2n) is 8.54. The second kappa shape index (κ2) is 7.82. The number of nitrogens with zero attached hydrogens (tertiary/aromatic N) is 4. The van der Waals surface area contributed by atoms with Crippen LogP contribution in [-0.2, 0) is 10.3 Å². The first kappa shape index (κ1) is 20.6.